The molecule has 1 aliphatic rings. The van der Waals surface area contributed by atoms with Crippen LogP contribution >= 0.6 is 0 Å². The third kappa shape index (κ3) is 5.32. The number of sulfone groups is 1. The first-order valence-electron chi connectivity index (χ1n) is 8.17. The average molecular weight is 338 g/mol. The maximum absolute atomic E-state index is 12.7. The number of carbonyl (C=O) groups excluding carboxylic acids is 1. The molecule has 128 valence electrons. The van der Waals surface area contributed by atoms with E-state index in [1.165, 1.54) is 0 Å². The van der Waals surface area contributed by atoms with Crippen LogP contribution in [0.4, 0.5) is 0 Å². The molecule has 1 saturated heterocycles. The van der Waals surface area contributed by atoms with Crippen LogP contribution < -0.4 is 0 Å². The van der Waals surface area contributed by atoms with Gasteiger partial charge in [-0.1, -0.05) is 37.3 Å². The summed E-state index contributed by atoms with van der Waals surface area (Å²) in [5.74, 6) is 0.382. The van der Waals surface area contributed by atoms with Crippen LogP contribution in [0.15, 0.2) is 30.3 Å². The van der Waals surface area contributed by atoms with E-state index in [0.29, 0.717) is 26.2 Å². The molecule has 1 aromatic carbocycles. The molecule has 0 bridgehead atoms. The number of carbonyl (C=O) groups is 1. The minimum atomic E-state index is -2.91. The summed E-state index contributed by atoms with van der Waals surface area (Å²) in [7, 11) is -2.91. The van der Waals surface area contributed by atoms with Gasteiger partial charge >= 0.3 is 0 Å². The number of hydrogen-bond acceptors (Lipinski definition) is 4. The van der Waals surface area contributed by atoms with E-state index >= 15 is 0 Å². The minimum absolute atomic E-state index is 0.0718. The largest absolute Gasteiger partial charge is 0.335 e. The van der Waals surface area contributed by atoms with Gasteiger partial charge in [0, 0.05) is 25.7 Å². The summed E-state index contributed by atoms with van der Waals surface area (Å²) in [6.45, 7) is 5.93. The molecule has 0 radical (unpaired) electrons. The lowest BCUT2D eigenvalue weighted by Gasteiger charge is -2.32. The van der Waals surface area contributed by atoms with E-state index in [2.05, 4.69) is 13.8 Å². The van der Waals surface area contributed by atoms with Crippen LogP contribution in [0.5, 0.6) is 0 Å². The lowest BCUT2D eigenvalue weighted by atomic mass is 10.1. The van der Waals surface area contributed by atoms with Crippen LogP contribution in [0.1, 0.15) is 25.8 Å². The van der Waals surface area contributed by atoms with Crippen LogP contribution in [0.2, 0.25) is 0 Å². The Morgan fingerprint density at radius 2 is 1.83 bits per heavy atom. The summed E-state index contributed by atoms with van der Waals surface area (Å²) in [4.78, 5) is 16.6. The van der Waals surface area contributed by atoms with Crippen molar-refractivity contribution in [3.63, 3.8) is 0 Å². The number of nitrogens with zero attached hydrogens (tertiary/aromatic N) is 2. The Bertz CT molecular complexity index is 602. The quantitative estimate of drug-likeness (QED) is 0.789. The molecule has 1 heterocycles. The fourth-order valence-corrected chi connectivity index (χ4v) is 3.96. The van der Waals surface area contributed by atoms with E-state index in [4.69, 9.17) is 0 Å². The topological polar surface area (TPSA) is 57.7 Å². The number of benzene rings is 1. The van der Waals surface area contributed by atoms with Gasteiger partial charge in [-0.25, -0.2) is 8.42 Å². The lowest BCUT2D eigenvalue weighted by Crippen LogP contribution is -2.48. The number of amides is 1. The van der Waals surface area contributed by atoms with Crippen molar-refractivity contribution in [2.24, 2.45) is 0 Å². The van der Waals surface area contributed by atoms with Gasteiger partial charge in [-0.3, -0.25) is 9.69 Å². The molecule has 6 heteroatoms. The van der Waals surface area contributed by atoms with Crippen molar-refractivity contribution in [1.82, 2.24) is 9.80 Å². The molecule has 0 saturated carbocycles. The molecule has 1 fully saturated rings. The molecule has 0 aromatic heterocycles. The highest BCUT2D eigenvalue weighted by atomic mass is 32.2. The molecule has 1 aliphatic heterocycles. The molecular weight excluding hydrogens is 312 g/mol. The Morgan fingerprint density at radius 3 is 2.39 bits per heavy atom. The van der Waals surface area contributed by atoms with Crippen LogP contribution in [0, 0.1) is 0 Å². The molecule has 1 unspecified atom stereocenters. The first kappa shape index (κ1) is 17.9. The summed E-state index contributed by atoms with van der Waals surface area (Å²) >= 11 is 0. The van der Waals surface area contributed by atoms with E-state index in [9.17, 15) is 13.2 Å². The van der Waals surface area contributed by atoms with Gasteiger partial charge in [-0.05, 0) is 18.9 Å². The molecule has 1 amide bonds. The second-order valence-electron chi connectivity index (χ2n) is 6.19. The molecule has 0 N–H and O–H groups in total. The van der Waals surface area contributed by atoms with Gasteiger partial charge in [0.05, 0.1) is 18.1 Å². The highest BCUT2D eigenvalue weighted by Crippen LogP contribution is 2.12. The number of rotatable bonds is 6. The standard InChI is InChI=1S/C17H26N2O3S/c1-3-15(2)19(13-16-7-5-4-6-8-16)17(20)14-18-9-11-23(21,22)12-10-18/h4-8,15H,3,9-14H2,1-2H3. The van der Waals surface area contributed by atoms with Gasteiger partial charge in [0.2, 0.25) is 5.91 Å². The summed E-state index contributed by atoms with van der Waals surface area (Å²) < 4.78 is 23.0. The van der Waals surface area contributed by atoms with Crippen molar-refractivity contribution in [3.05, 3.63) is 35.9 Å². The van der Waals surface area contributed by atoms with E-state index < -0.39 is 9.84 Å². The molecule has 1 atom stereocenters. The van der Waals surface area contributed by atoms with Crippen LogP contribution in [0.25, 0.3) is 0 Å². The van der Waals surface area contributed by atoms with Crippen molar-refractivity contribution < 1.29 is 13.2 Å². The molecule has 2 rings (SSSR count). The van der Waals surface area contributed by atoms with Crippen LogP contribution in [-0.4, -0.2) is 61.3 Å². The van der Waals surface area contributed by atoms with E-state index in [1.54, 1.807) is 0 Å². The number of hydrogen-bond donors (Lipinski definition) is 0. The molecule has 5 nitrogen and oxygen atoms in total. The highest BCUT2D eigenvalue weighted by Gasteiger charge is 2.26. The average Bonchev–Trinajstić information content (AvgIpc) is 2.54. The zero-order valence-electron chi connectivity index (χ0n) is 13.9. The summed E-state index contributed by atoms with van der Waals surface area (Å²) in [6, 6.07) is 10.1. The van der Waals surface area contributed by atoms with E-state index in [1.807, 2.05) is 40.1 Å². The SMILES string of the molecule is CCC(C)N(Cc1ccccc1)C(=O)CN1CCS(=O)(=O)CC1. The van der Waals surface area contributed by atoms with E-state index in [-0.39, 0.29) is 23.5 Å². The highest BCUT2D eigenvalue weighted by molar-refractivity contribution is 7.91. The molecule has 0 aliphatic carbocycles. The van der Waals surface area contributed by atoms with E-state index in [0.717, 1.165) is 12.0 Å². The minimum Gasteiger partial charge on any atom is -0.335 e. The van der Waals surface area contributed by atoms with Crippen molar-refractivity contribution in [2.45, 2.75) is 32.9 Å². The zero-order valence-corrected chi connectivity index (χ0v) is 14.8. The van der Waals surface area contributed by atoms with Gasteiger partial charge in [-0.2, -0.15) is 0 Å². The smallest absolute Gasteiger partial charge is 0.237 e. The summed E-state index contributed by atoms with van der Waals surface area (Å²) in [6.07, 6.45) is 0.896. The van der Waals surface area contributed by atoms with Crippen molar-refractivity contribution in [1.29, 1.82) is 0 Å². The maximum Gasteiger partial charge on any atom is 0.237 e. The Kier molecular flexibility index (Phi) is 6.18. The van der Waals surface area contributed by atoms with Gasteiger partial charge in [0.1, 0.15) is 0 Å². The molecular formula is C17H26N2O3S. The lowest BCUT2D eigenvalue weighted by molar-refractivity contribution is -0.135. The Hall–Kier alpha value is -1.40. The van der Waals surface area contributed by atoms with Crippen LogP contribution in [0.3, 0.4) is 0 Å². The normalized spacial score (nSPS) is 19.2. The summed E-state index contributed by atoms with van der Waals surface area (Å²) in [5, 5.41) is 0. The molecule has 1 aromatic rings. The first-order chi connectivity index (χ1) is 10.9. The molecule has 23 heavy (non-hydrogen) atoms. The molecule has 0 spiro atoms. The third-order valence-electron chi connectivity index (χ3n) is 4.43. The summed E-state index contributed by atoms with van der Waals surface area (Å²) in [5.41, 5.74) is 1.11. The maximum atomic E-state index is 12.7. The van der Waals surface area contributed by atoms with Crippen molar-refractivity contribution >= 4 is 15.7 Å². The first-order valence-corrected chi connectivity index (χ1v) is 9.99. The fourth-order valence-electron chi connectivity index (χ4n) is 2.68. The van der Waals surface area contributed by atoms with Gasteiger partial charge in [0.15, 0.2) is 9.84 Å². The Labute approximate surface area is 139 Å². The van der Waals surface area contributed by atoms with Crippen molar-refractivity contribution in [2.75, 3.05) is 31.1 Å². The second kappa shape index (κ2) is 7.93. The van der Waals surface area contributed by atoms with Crippen molar-refractivity contribution in [3.8, 4) is 0 Å². The van der Waals surface area contributed by atoms with Gasteiger partial charge < -0.3 is 4.90 Å². The van der Waals surface area contributed by atoms with Crippen LogP contribution in [-0.2, 0) is 21.2 Å². The second-order valence-corrected chi connectivity index (χ2v) is 8.50. The Morgan fingerprint density at radius 1 is 1.22 bits per heavy atom. The predicted octanol–water partition coefficient (Wildman–Crippen LogP) is 1.54. The van der Waals surface area contributed by atoms with Gasteiger partial charge in [0.25, 0.3) is 0 Å². The monoisotopic (exact) mass is 338 g/mol. The fraction of sp³-hybridized carbons (Fsp3) is 0.588. The third-order valence-corrected chi connectivity index (χ3v) is 6.04. The van der Waals surface area contributed by atoms with Gasteiger partial charge in [-0.15, -0.1) is 0 Å². The Balaban J connectivity index is 1.99. The zero-order chi connectivity index (χ0) is 16.9. The predicted molar refractivity (Wildman–Crippen MR) is 91.8 cm³/mol.